The minimum Gasteiger partial charge on any atom is -0.497 e. The lowest BCUT2D eigenvalue weighted by molar-refractivity contribution is -0.00707. The molecule has 0 N–H and O–H groups in total. The number of aryl methyl sites for hydroxylation is 2. The van der Waals surface area contributed by atoms with E-state index >= 15 is 0 Å². The second-order valence-electron chi connectivity index (χ2n) is 9.83. The van der Waals surface area contributed by atoms with Crippen molar-refractivity contribution in [2.45, 2.75) is 38.8 Å². The zero-order valence-electron chi connectivity index (χ0n) is 21.1. The van der Waals surface area contributed by atoms with Crippen LogP contribution in [0.15, 0.2) is 58.1 Å². The van der Waals surface area contributed by atoms with Gasteiger partial charge in [-0.15, -0.1) is 0 Å². The molecule has 182 valence electrons. The molecule has 1 aliphatic heterocycles. The third-order valence-electron chi connectivity index (χ3n) is 7.12. The Morgan fingerprint density at radius 3 is 2.26 bits per heavy atom. The molecule has 4 aromatic rings. The molecule has 0 fully saturated rings. The molecule has 7 heteroatoms. The van der Waals surface area contributed by atoms with Gasteiger partial charge in [0.2, 0.25) is 0 Å². The highest BCUT2D eigenvalue weighted by molar-refractivity contribution is 5.97. The van der Waals surface area contributed by atoms with Gasteiger partial charge in [-0.25, -0.2) is 4.79 Å². The highest BCUT2D eigenvalue weighted by atomic mass is 16.5. The standard InChI is InChI=1S/C28H31N3O4/c1-7-17-8-10-19(11-9-17)25-24-23-21(26(32)30(5)27(33)29(23)4)22(31(24)28(2,3)16-35-25)18-12-14-20(34-6)15-13-18/h8-15,25H,7,16H2,1-6H3/t25-/m1/s1. The number of rotatable bonds is 4. The highest BCUT2D eigenvalue weighted by Gasteiger charge is 2.40. The summed E-state index contributed by atoms with van der Waals surface area (Å²) in [5.41, 5.74) is 4.21. The van der Waals surface area contributed by atoms with E-state index in [0.29, 0.717) is 17.5 Å². The number of aromatic nitrogens is 3. The number of benzene rings is 2. The van der Waals surface area contributed by atoms with Crippen molar-refractivity contribution < 1.29 is 9.47 Å². The van der Waals surface area contributed by atoms with Crippen LogP contribution in [0.5, 0.6) is 5.75 Å². The van der Waals surface area contributed by atoms with E-state index in [0.717, 1.165) is 34.7 Å². The van der Waals surface area contributed by atoms with Crippen molar-refractivity contribution in [2.24, 2.45) is 14.1 Å². The van der Waals surface area contributed by atoms with Crippen molar-refractivity contribution in [3.63, 3.8) is 0 Å². The summed E-state index contributed by atoms with van der Waals surface area (Å²) in [6.45, 7) is 6.78. The minimum atomic E-state index is -0.454. The van der Waals surface area contributed by atoms with E-state index in [1.165, 1.54) is 17.2 Å². The van der Waals surface area contributed by atoms with Gasteiger partial charge in [-0.2, -0.15) is 0 Å². The van der Waals surface area contributed by atoms with E-state index in [2.05, 4.69) is 49.6 Å². The topological polar surface area (TPSA) is 67.4 Å². The molecule has 1 atom stereocenters. The molecule has 5 rings (SSSR count). The Balaban J connectivity index is 1.94. The molecule has 0 spiro atoms. The van der Waals surface area contributed by atoms with Crippen LogP contribution in [0.1, 0.15) is 43.7 Å². The summed E-state index contributed by atoms with van der Waals surface area (Å²) in [5, 5.41) is 0.517. The smallest absolute Gasteiger partial charge is 0.331 e. The average molecular weight is 474 g/mol. The lowest BCUT2D eigenvalue weighted by atomic mass is 9.97. The van der Waals surface area contributed by atoms with Crippen LogP contribution in [0.2, 0.25) is 0 Å². The molecule has 0 aliphatic carbocycles. The molecule has 35 heavy (non-hydrogen) atoms. The molecule has 2 aromatic heterocycles. The van der Waals surface area contributed by atoms with Crippen LogP contribution in [0.25, 0.3) is 22.2 Å². The van der Waals surface area contributed by atoms with E-state index in [1.807, 2.05) is 24.3 Å². The quantitative estimate of drug-likeness (QED) is 0.447. The highest BCUT2D eigenvalue weighted by Crippen LogP contribution is 2.45. The first-order valence-electron chi connectivity index (χ1n) is 11.9. The fraction of sp³-hybridized carbons (Fsp3) is 0.357. The Kier molecular flexibility index (Phi) is 5.48. The Hall–Kier alpha value is -3.58. The molecule has 0 saturated heterocycles. The predicted octanol–water partition coefficient (Wildman–Crippen LogP) is 4.13. The summed E-state index contributed by atoms with van der Waals surface area (Å²) in [6, 6.07) is 16.1. The Morgan fingerprint density at radius 2 is 1.66 bits per heavy atom. The van der Waals surface area contributed by atoms with Crippen LogP contribution in [0.3, 0.4) is 0 Å². The normalized spacial score (nSPS) is 16.9. The number of hydrogen-bond donors (Lipinski definition) is 0. The second kappa shape index (κ2) is 8.27. The van der Waals surface area contributed by atoms with Crippen molar-refractivity contribution >= 4 is 10.9 Å². The van der Waals surface area contributed by atoms with Gasteiger partial charge >= 0.3 is 5.69 Å². The molecule has 0 radical (unpaired) electrons. The summed E-state index contributed by atoms with van der Waals surface area (Å²) in [4.78, 5) is 26.7. The van der Waals surface area contributed by atoms with Crippen LogP contribution in [-0.4, -0.2) is 27.4 Å². The molecule has 7 nitrogen and oxygen atoms in total. The fourth-order valence-electron chi connectivity index (χ4n) is 5.20. The van der Waals surface area contributed by atoms with Crippen molar-refractivity contribution in [3.8, 4) is 17.0 Å². The summed E-state index contributed by atoms with van der Waals surface area (Å²) < 4.78 is 16.8. The van der Waals surface area contributed by atoms with Crippen molar-refractivity contribution in [3.05, 3.63) is 86.2 Å². The van der Waals surface area contributed by atoms with Gasteiger partial charge in [-0.3, -0.25) is 13.9 Å². The lowest BCUT2D eigenvalue weighted by Gasteiger charge is -2.39. The maximum Gasteiger partial charge on any atom is 0.331 e. The van der Waals surface area contributed by atoms with Crippen LogP contribution in [0, 0.1) is 0 Å². The Bertz CT molecular complexity index is 1540. The van der Waals surface area contributed by atoms with Crippen LogP contribution < -0.4 is 16.0 Å². The third kappa shape index (κ3) is 3.45. The molecule has 0 unspecified atom stereocenters. The molecule has 2 aromatic carbocycles. The SMILES string of the molecule is CCc1ccc([C@H]2OCC(C)(C)n3c(-c4ccc(OC)cc4)c4c(=O)n(C)c(=O)n(C)c4c32)cc1. The average Bonchev–Trinajstić information content (AvgIpc) is 3.24. The van der Waals surface area contributed by atoms with E-state index in [-0.39, 0.29) is 11.2 Å². The van der Waals surface area contributed by atoms with Gasteiger partial charge in [0.15, 0.2) is 0 Å². The zero-order valence-corrected chi connectivity index (χ0v) is 21.1. The maximum atomic E-state index is 13.6. The van der Waals surface area contributed by atoms with Crippen molar-refractivity contribution in [1.82, 2.24) is 13.7 Å². The van der Waals surface area contributed by atoms with Gasteiger partial charge in [0.05, 0.1) is 41.5 Å². The molecule has 3 heterocycles. The van der Waals surface area contributed by atoms with E-state index < -0.39 is 11.6 Å². The maximum absolute atomic E-state index is 13.6. The van der Waals surface area contributed by atoms with Gasteiger partial charge in [-0.1, -0.05) is 31.2 Å². The van der Waals surface area contributed by atoms with Gasteiger partial charge < -0.3 is 14.0 Å². The van der Waals surface area contributed by atoms with Crippen molar-refractivity contribution in [2.75, 3.05) is 13.7 Å². The van der Waals surface area contributed by atoms with E-state index in [1.54, 1.807) is 18.7 Å². The molecular formula is C28H31N3O4. The largest absolute Gasteiger partial charge is 0.497 e. The van der Waals surface area contributed by atoms with Crippen LogP contribution in [-0.2, 0) is 30.8 Å². The van der Waals surface area contributed by atoms with Crippen LogP contribution >= 0.6 is 0 Å². The lowest BCUT2D eigenvalue weighted by Crippen LogP contribution is -2.40. The minimum absolute atomic E-state index is 0.313. The third-order valence-corrected chi connectivity index (χ3v) is 7.12. The first kappa shape index (κ1) is 23.2. The number of nitrogens with zero attached hydrogens (tertiary/aromatic N) is 3. The van der Waals surface area contributed by atoms with Crippen LogP contribution in [0.4, 0.5) is 0 Å². The zero-order chi connectivity index (χ0) is 25.1. The summed E-state index contributed by atoms with van der Waals surface area (Å²) in [5.74, 6) is 0.736. The molecule has 1 aliphatic rings. The predicted molar refractivity (Wildman–Crippen MR) is 137 cm³/mol. The first-order chi connectivity index (χ1) is 16.7. The van der Waals surface area contributed by atoms with Gasteiger partial charge in [0.25, 0.3) is 5.56 Å². The Morgan fingerprint density at radius 1 is 1.00 bits per heavy atom. The first-order valence-corrected chi connectivity index (χ1v) is 11.9. The second-order valence-corrected chi connectivity index (χ2v) is 9.83. The number of ether oxygens (including phenoxy) is 2. The number of fused-ring (bicyclic) bond motifs is 3. The molecule has 0 bridgehead atoms. The molecule has 0 amide bonds. The summed E-state index contributed by atoms with van der Waals surface area (Å²) in [6.07, 6.45) is 0.533. The number of methoxy groups -OCH3 is 1. The summed E-state index contributed by atoms with van der Waals surface area (Å²) >= 11 is 0. The number of hydrogen-bond acceptors (Lipinski definition) is 4. The van der Waals surface area contributed by atoms with E-state index in [4.69, 9.17) is 9.47 Å². The molecular weight excluding hydrogens is 442 g/mol. The van der Waals surface area contributed by atoms with Gasteiger partial charge in [0.1, 0.15) is 11.9 Å². The fourth-order valence-corrected chi connectivity index (χ4v) is 5.20. The molecule has 0 saturated carbocycles. The van der Waals surface area contributed by atoms with E-state index in [9.17, 15) is 9.59 Å². The van der Waals surface area contributed by atoms with Gasteiger partial charge in [0, 0.05) is 14.1 Å². The summed E-state index contributed by atoms with van der Waals surface area (Å²) in [7, 11) is 4.88. The van der Waals surface area contributed by atoms with Crippen molar-refractivity contribution in [1.29, 1.82) is 0 Å². The van der Waals surface area contributed by atoms with Gasteiger partial charge in [-0.05, 0) is 61.2 Å². The monoisotopic (exact) mass is 473 g/mol. The Labute approximate surface area is 204 Å².